The molecule has 2 nitrogen and oxygen atoms in total. The molecule has 2 rings (SSSR count). The van der Waals surface area contributed by atoms with Crippen LogP contribution in [0, 0.1) is 17.5 Å². The maximum atomic E-state index is 13.7. The summed E-state index contributed by atoms with van der Waals surface area (Å²) in [5.74, 6) is -3.30. The molecule has 0 aromatic heterocycles. The van der Waals surface area contributed by atoms with Gasteiger partial charge in [0.05, 0.1) is 11.5 Å². The van der Waals surface area contributed by atoms with E-state index in [1.165, 1.54) is 13.0 Å². The average molecular weight is 410 g/mol. The van der Waals surface area contributed by atoms with Gasteiger partial charge in [-0.25, -0.2) is 18.2 Å². The Morgan fingerprint density at radius 3 is 2.04 bits per heavy atom. The monoisotopic (exact) mass is 409 g/mol. The first-order valence-electron chi connectivity index (χ1n) is 6.51. The predicted molar refractivity (Wildman–Crippen MR) is 87.0 cm³/mol. The summed E-state index contributed by atoms with van der Waals surface area (Å²) in [6.45, 7) is 1.41. The van der Waals surface area contributed by atoms with Gasteiger partial charge in [-0.3, -0.25) is 0 Å². The van der Waals surface area contributed by atoms with Crippen molar-refractivity contribution in [2.24, 2.45) is 4.99 Å². The van der Waals surface area contributed by atoms with Crippen LogP contribution in [-0.2, 0) is 17.0 Å². The molecule has 0 aliphatic heterocycles. The molecule has 0 amide bonds. The van der Waals surface area contributed by atoms with E-state index in [1.54, 1.807) is 30.3 Å². The molecule has 0 bridgehead atoms. The van der Waals surface area contributed by atoms with Crippen LogP contribution >= 0.6 is 18.6 Å². The molecule has 8 heteroatoms. The van der Waals surface area contributed by atoms with Gasteiger partial charge in [-0.05, 0) is 6.92 Å². The summed E-state index contributed by atoms with van der Waals surface area (Å²) in [6, 6.07) is 9.69. The Labute approximate surface area is 154 Å². The van der Waals surface area contributed by atoms with E-state index in [0.29, 0.717) is 17.7 Å². The second-order valence-corrected chi connectivity index (χ2v) is 7.02. The van der Waals surface area contributed by atoms with Gasteiger partial charge in [0, 0.05) is 23.8 Å². The molecule has 0 saturated carbocycles. The van der Waals surface area contributed by atoms with Crippen molar-refractivity contribution in [3.8, 4) is 0 Å². The van der Waals surface area contributed by atoms with Crippen LogP contribution in [-0.4, -0.2) is 10.8 Å². The van der Waals surface area contributed by atoms with Crippen LogP contribution in [0.5, 0.6) is 0 Å². The van der Waals surface area contributed by atoms with Gasteiger partial charge in [-0.2, -0.15) is 0 Å². The number of allylic oxidation sites excluding steroid dienone is 2. The van der Waals surface area contributed by atoms with Gasteiger partial charge in [-0.1, -0.05) is 30.3 Å². The van der Waals surface area contributed by atoms with Gasteiger partial charge in [0.15, 0.2) is 11.6 Å². The van der Waals surface area contributed by atoms with Gasteiger partial charge in [-0.15, -0.1) is 0 Å². The minimum absolute atomic E-state index is 0.0690. The Bertz CT molecular complexity index is 712. The van der Waals surface area contributed by atoms with Crippen LogP contribution in [0.2, 0.25) is 0 Å². The minimum atomic E-state index is -1.11. The Hall–Kier alpha value is -1.27. The second-order valence-electron chi connectivity index (χ2n) is 4.44. The van der Waals surface area contributed by atoms with Gasteiger partial charge in [0.2, 0.25) is 0 Å². The molecule has 0 aliphatic carbocycles. The van der Waals surface area contributed by atoms with Crippen molar-refractivity contribution in [3.63, 3.8) is 0 Å². The quantitative estimate of drug-likeness (QED) is 0.372. The third-order valence-electron chi connectivity index (χ3n) is 2.63. The fourth-order valence-corrected chi connectivity index (χ4v) is 1.75. The Morgan fingerprint density at radius 1 is 1.08 bits per heavy atom. The predicted octanol–water partition coefficient (Wildman–Crippen LogP) is 6.06. The van der Waals surface area contributed by atoms with E-state index >= 15 is 0 Å². The summed E-state index contributed by atoms with van der Waals surface area (Å²) in [4.78, 5) is 3.87. The number of nitrogens with zero attached hydrogens (tertiary/aromatic N) is 1. The number of halogens is 5. The molecular weight excluding hydrogens is 398 g/mol. The average Bonchev–Trinajstić information content (AvgIpc) is 2.51. The molecule has 0 spiro atoms. The molecular formula is C16H12Cl2F3NOTi. The van der Waals surface area contributed by atoms with Crippen molar-refractivity contribution in [2.75, 3.05) is 0 Å². The van der Waals surface area contributed by atoms with E-state index < -0.39 is 40.2 Å². The number of benzene rings is 2. The molecule has 0 radical (unpaired) electrons. The first kappa shape index (κ1) is 20.8. The second kappa shape index (κ2) is 10.6. The zero-order valence-corrected chi connectivity index (χ0v) is 15.5. The zero-order valence-electron chi connectivity index (χ0n) is 12.4. The van der Waals surface area contributed by atoms with Crippen LogP contribution < -0.4 is 0 Å². The van der Waals surface area contributed by atoms with Crippen LogP contribution in [0.1, 0.15) is 12.5 Å². The summed E-state index contributed by atoms with van der Waals surface area (Å²) >= 11 is -0.556. The maximum absolute atomic E-state index is 13.7. The number of hydrogen-bond acceptors (Lipinski definition) is 2. The fraction of sp³-hybridized carbons (Fsp3) is 0.0625. The molecule has 0 atom stereocenters. The molecule has 0 fully saturated rings. The number of aliphatic imine (C=N–C) groups is 1. The summed E-state index contributed by atoms with van der Waals surface area (Å²) in [5, 5.41) is 9.38. The van der Waals surface area contributed by atoms with Crippen molar-refractivity contribution in [2.45, 2.75) is 6.92 Å². The normalized spacial score (nSPS) is 11.6. The summed E-state index contributed by atoms with van der Waals surface area (Å²) in [5.41, 5.74) is 0.127. The summed E-state index contributed by atoms with van der Waals surface area (Å²) < 4.78 is 40.2. The number of aliphatic hydroxyl groups excluding tert-OH is 1. The fourth-order valence-electron chi connectivity index (χ4n) is 1.75. The number of hydrogen-bond donors (Lipinski definition) is 1. The van der Waals surface area contributed by atoms with E-state index in [1.807, 2.05) is 0 Å². The molecule has 0 unspecified atom stereocenters. The van der Waals surface area contributed by atoms with Crippen molar-refractivity contribution in [1.82, 2.24) is 0 Å². The van der Waals surface area contributed by atoms with Crippen LogP contribution in [0.3, 0.4) is 0 Å². The van der Waals surface area contributed by atoms with Gasteiger partial charge in [0.25, 0.3) is 0 Å². The van der Waals surface area contributed by atoms with Crippen molar-refractivity contribution >= 4 is 30.0 Å². The van der Waals surface area contributed by atoms with Crippen LogP contribution in [0.15, 0.2) is 59.3 Å². The molecule has 0 aliphatic rings. The summed E-state index contributed by atoms with van der Waals surface area (Å²) in [7, 11) is 9.78. The van der Waals surface area contributed by atoms with E-state index in [0.717, 1.165) is 0 Å². The Balaban J connectivity index is 0.000000891. The Kier molecular flexibility index (Phi) is 9.15. The third kappa shape index (κ3) is 6.69. The Morgan fingerprint density at radius 2 is 1.58 bits per heavy atom. The standard InChI is InChI=1S/C16H12F3NO.2ClH.Ti/c1-10(21)7-15(11-5-3-2-4-6-11)20-16-13(18)8-12(17)9-14(16)19;;;/h2-9,21H,1H3;2*1H;/q;;;+2/p-2/b10-7-,20-15?;;;. The first-order chi connectivity index (χ1) is 11.4. The molecule has 24 heavy (non-hydrogen) atoms. The van der Waals surface area contributed by atoms with Crippen molar-refractivity contribution in [1.29, 1.82) is 0 Å². The zero-order chi connectivity index (χ0) is 18.1. The van der Waals surface area contributed by atoms with Gasteiger partial charge < -0.3 is 5.11 Å². The molecule has 126 valence electrons. The van der Waals surface area contributed by atoms with Gasteiger partial charge in [0.1, 0.15) is 11.5 Å². The van der Waals surface area contributed by atoms with Gasteiger partial charge >= 0.3 is 35.6 Å². The third-order valence-corrected chi connectivity index (χ3v) is 2.63. The molecule has 1 N–H and O–H groups in total. The van der Waals surface area contributed by atoms with Crippen LogP contribution in [0.4, 0.5) is 18.9 Å². The van der Waals surface area contributed by atoms with Crippen molar-refractivity contribution < 1.29 is 35.3 Å². The number of aliphatic hydroxyl groups is 1. The topological polar surface area (TPSA) is 32.6 Å². The van der Waals surface area contributed by atoms with E-state index in [9.17, 15) is 18.3 Å². The first-order valence-corrected chi connectivity index (χ1v) is 10.8. The van der Waals surface area contributed by atoms with E-state index in [2.05, 4.69) is 4.99 Å². The summed E-state index contributed by atoms with van der Waals surface area (Å²) in [6.07, 6.45) is 1.28. The van der Waals surface area contributed by atoms with E-state index in [-0.39, 0.29) is 11.5 Å². The molecule has 0 saturated heterocycles. The molecule has 0 heterocycles. The van der Waals surface area contributed by atoms with E-state index in [4.69, 9.17) is 18.6 Å². The van der Waals surface area contributed by atoms with Crippen LogP contribution in [0.25, 0.3) is 0 Å². The number of rotatable bonds is 3. The molecule has 2 aromatic rings. The SMILES string of the molecule is C/C(O)=C/C(=Nc1c(F)cc(F)cc1F)c1ccccc1.[Cl][Ti][Cl]. The molecule has 2 aromatic carbocycles. The van der Waals surface area contributed by atoms with Crippen molar-refractivity contribution in [3.05, 3.63) is 77.3 Å².